The molecule has 1 saturated heterocycles. The number of nitrogens with zero attached hydrogens (tertiary/aromatic N) is 3. The number of carbonyl (C=O) groups excluding carboxylic acids is 1. The monoisotopic (exact) mass is 541 g/mol. The Morgan fingerprint density at radius 2 is 1.66 bits per heavy atom. The summed E-state index contributed by atoms with van der Waals surface area (Å²) in [6.45, 7) is 1.78. The van der Waals surface area contributed by atoms with Gasteiger partial charge in [0.2, 0.25) is 0 Å². The molecule has 2 aromatic carbocycles. The van der Waals surface area contributed by atoms with E-state index in [0.29, 0.717) is 43.4 Å². The van der Waals surface area contributed by atoms with Gasteiger partial charge in [-0.1, -0.05) is 71.4 Å². The summed E-state index contributed by atoms with van der Waals surface area (Å²) in [6.07, 6.45) is 1.60. The zero-order valence-electron chi connectivity index (χ0n) is 18.5. The molecule has 4 aromatic rings. The number of hydrogen-bond acceptors (Lipinski definition) is 5. The zero-order chi connectivity index (χ0) is 24.9. The molecular weight excluding hydrogens is 525 g/mol. The van der Waals surface area contributed by atoms with Gasteiger partial charge in [0.15, 0.2) is 4.32 Å². The Bertz CT molecular complexity index is 1560. The fraction of sp³-hybridized carbons (Fsp3) is 0.0800. The first-order valence-corrected chi connectivity index (χ1v) is 12.4. The molecule has 0 radical (unpaired) electrons. The standard InChI is InChI=1S/C25H17Cl2N3O3S2/c1-14-22(24(32)30(28(14)2)15-7-4-3-5-8-15)29-23(31)20(35-25(29)34)13-16-11-12-19(33-16)21-17(26)9-6-10-18(21)27/h3-13H,1-2H3/b20-13-. The molecule has 0 aliphatic carbocycles. The van der Waals surface area contributed by atoms with Crippen LogP contribution in [0.3, 0.4) is 0 Å². The summed E-state index contributed by atoms with van der Waals surface area (Å²) < 4.78 is 9.40. The van der Waals surface area contributed by atoms with Gasteiger partial charge in [0.05, 0.1) is 31.9 Å². The van der Waals surface area contributed by atoms with Crippen LogP contribution < -0.4 is 10.5 Å². The van der Waals surface area contributed by atoms with Gasteiger partial charge in [-0.25, -0.2) is 4.68 Å². The summed E-state index contributed by atoms with van der Waals surface area (Å²) in [5.41, 5.74) is 1.78. The number of anilines is 1. The number of amides is 1. The van der Waals surface area contributed by atoms with Crippen LogP contribution in [0.5, 0.6) is 0 Å². The van der Waals surface area contributed by atoms with E-state index in [1.165, 1.54) is 9.58 Å². The first-order chi connectivity index (χ1) is 16.8. The maximum absolute atomic E-state index is 13.4. The van der Waals surface area contributed by atoms with Gasteiger partial charge in [-0.05, 0) is 43.3 Å². The SMILES string of the molecule is Cc1c(N2C(=O)/C(=C/c3ccc(-c4c(Cl)cccc4Cl)o3)SC2=S)c(=O)n(-c2ccccc2)n1C. The van der Waals surface area contributed by atoms with E-state index in [-0.39, 0.29) is 21.5 Å². The van der Waals surface area contributed by atoms with Crippen LogP contribution in [0.4, 0.5) is 5.69 Å². The third-order valence-electron chi connectivity index (χ3n) is 5.65. The molecule has 6 nitrogen and oxygen atoms in total. The Morgan fingerprint density at radius 3 is 2.34 bits per heavy atom. The fourth-order valence-corrected chi connectivity index (χ4v) is 5.73. The van der Waals surface area contributed by atoms with Crippen LogP contribution in [0.25, 0.3) is 23.1 Å². The molecule has 10 heteroatoms. The predicted molar refractivity (Wildman–Crippen MR) is 146 cm³/mol. The van der Waals surface area contributed by atoms with Crippen molar-refractivity contribution in [3.8, 4) is 17.0 Å². The lowest BCUT2D eigenvalue weighted by Gasteiger charge is -2.12. The molecule has 176 valence electrons. The van der Waals surface area contributed by atoms with Crippen molar-refractivity contribution in [2.45, 2.75) is 6.92 Å². The smallest absolute Gasteiger partial charge is 0.296 e. The number of aromatic nitrogens is 2. The van der Waals surface area contributed by atoms with Gasteiger partial charge < -0.3 is 4.42 Å². The van der Waals surface area contributed by atoms with E-state index < -0.39 is 0 Å². The minimum Gasteiger partial charge on any atom is -0.457 e. The number of furan rings is 1. The largest absolute Gasteiger partial charge is 0.457 e. The molecule has 1 fully saturated rings. The number of rotatable bonds is 4. The van der Waals surface area contributed by atoms with Crippen molar-refractivity contribution in [2.75, 3.05) is 4.90 Å². The Morgan fingerprint density at radius 1 is 0.971 bits per heavy atom. The van der Waals surface area contributed by atoms with Crippen LogP contribution in [-0.4, -0.2) is 19.6 Å². The summed E-state index contributed by atoms with van der Waals surface area (Å²) >= 11 is 19.2. The first kappa shape index (κ1) is 23.7. The Hall–Kier alpha value is -3.04. The second-order valence-corrected chi connectivity index (χ2v) is 10.2. The lowest BCUT2D eigenvalue weighted by Crippen LogP contribution is -2.33. The molecule has 0 unspecified atom stereocenters. The quantitative estimate of drug-likeness (QED) is 0.219. The van der Waals surface area contributed by atoms with Crippen molar-refractivity contribution in [3.63, 3.8) is 0 Å². The van der Waals surface area contributed by atoms with E-state index in [4.69, 9.17) is 39.8 Å². The second-order valence-electron chi connectivity index (χ2n) is 7.73. The van der Waals surface area contributed by atoms with E-state index in [2.05, 4.69) is 0 Å². The number of thiocarbonyl (C=S) groups is 1. The fourth-order valence-electron chi connectivity index (χ4n) is 3.90. The topological polar surface area (TPSA) is 60.4 Å². The average Bonchev–Trinajstić information content (AvgIpc) is 3.45. The van der Waals surface area contributed by atoms with E-state index in [0.717, 1.165) is 11.8 Å². The van der Waals surface area contributed by atoms with Crippen LogP contribution >= 0.6 is 47.2 Å². The summed E-state index contributed by atoms with van der Waals surface area (Å²) in [7, 11) is 1.77. The van der Waals surface area contributed by atoms with Crippen molar-refractivity contribution in [3.05, 3.63) is 97.4 Å². The molecule has 1 aliphatic heterocycles. The average molecular weight is 542 g/mol. The molecule has 0 bridgehead atoms. The summed E-state index contributed by atoms with van der Waals surface area (Å²) in [5, 5.41) is 0.915. The van der Waals surface area contributed by atoms with Gasteiger partial charge in [0.25, 0.3) is 11.5 Å². The predicted octanol–water partition coefficient (Wildman–Crippen LogP) is 6.46. The Balaban J connectivity index is 1.51. The maximum Gasteiger partial charge on any atom is 0.296 e. The highest BCUT2D eigenvalue weighted by Gasteiger charge is 2.38. The van der Waals surface area contributed by atoms with Crippen molar-refractivity contribution in [1.29, 1.82) is 0 Å². The number of carbonyl (C=O) groups is 1. The highest BCUT2D eigenvalue weighted by atomic mass is 35.5. The first-order valence-electron chi connectivity index (χ1n) is 10.4. The van der Waals surface area contributed by atoms with Crippen LogP contribution in [-0.2, 0) is 11.8 Å². The number of hydrogen-bond donors (Lipinski definition) is 0. The Labute approximate surface area is 220 Å². The summed E-state index contributed by atoms with van der Waals surface area (Å²) in [6, 6.07) is 17.9. The van der Waals surface area contributed by atoms with Crippen molar-refractivity contribution in [2.24, 2.45) is 7.05 Å². The lowest BCUT2D eigenvalue weighted by molar-refractivity contribution is -0.113. The molecule has 2 aromatic heterocycles. The van der Waals surface area contributed by atoms with Gasteiger partial charge >= 0.3 is 0 Å². The number of thioether (sulfide) groups is 1. The molecule has 0 saturated carbocycles. The minimum absolute atomic E-state index is 0.227. The van der Waals surface area contributed by atoms with Gasteiger partial charge in [0, 0.05) is 13.1 Å². The molecule has 0 N–H and O–H groups in total. The Kier molecular flexibility index (Phi) is 6.23. The molecule has 0 atom stereocenters. The highest BCUT2D eigenvalue weighted by molar-refractivity contribution is 8.27. The van der Waals surface area contributed by atoms with Gasteiger partial charge in [-0.2, -0.15) is 0 Å². The van der Waals surface area contributed by atoms with Crippen molar-refractivity contribution in [1.82, 2.24) is 9.36 Å². The van der Waals surface area contributed by atoms with Gasteiger partial charge in [0.1, 0.15) is 17.2 Å². The molecule has 1 amide bonds. The molecule has 35 heavy (non-hydrogen) atoms. The van der Waals surface area contributed by atoms with Crippen molar-refractivity contribution < 1.29 is 9.21 Å². The lowest BCUT2D eigenvalue weighted by atomic mass is 10.2. The maximum atomic E-state index is 13.4. The van der Waals surface area contributed by atoms with E-state index >= 15 is 0 Å². The van der Waals surface area contributed by atoms with Gasteiger partial charge in [-0.3, -0.25) is 19.2 Å². The number of halogens is 2. The number of benzene rings is 2. The van der Waals surface area contributed by atoms with E-state index in [1.807, 2.05) is 30.3 Å². The molecule has 1 aliphatic rings. The van der Waals surface area contributed by atoms with Crippen LogP contribution in [0.15, 0.2) is 74.8 Å². The molecule has 3 heterocycles. The second kappa shape index (κ2) is 9.20. The highest BCUT2D eigenvalue weighted by Crippen LogP contribution is 2.39. The summed E-state index contributed by atoms with van der Waals surface area (Å²) in [5.74, 6) is 0.523. The van der Waals surface area contributed by atoms with E-state index in [9.17, 15) is 9.59 Å². The number of para-hydroxylation sites is 1. The summed E-state index contributed by atoms with van der Waals surface area (Å²) in [4.78, 5) is 28.4. The van der Waals surface area contributed by atoms with Crippen molar-refractivity contribution >= 4 is 69.2 Å². The van der Waals surface area contributed by atoms with Crippen LogP contribution in [0.1, 0.15) is 11.5 Å². The normalized spacial score (nSPS) is 15.0. The van der Waals surface area contributed by atoms with Crippen LogP contribution in [0.2, 0.25) is 10.0 Å². The molecule has 5 rings (SSSR count). The third-order valence-corrected chi connectivity index (χ3v) is 7.58. The van der Waals surface area contributed by atoms with Gasteiger partial charge in [-0.15, -0.1) is 0 Å². The molecule has 0 spiro atoms. The zero-order valence-corrected chi connectivity index (χ0v) is 21.6. The van der Waals surface area contributed by atoms with E-state index in [1.54, 1.807) is 55.1 Å². The minimum atomic E-state index is -0.389. The van der Waals surface area contributed by atoms with Crippen LogP contribution in [0, 0.1) is 6.92 Å². The molecular formula is C25H17Cl2N3O3S2. The third kappa shape index (κ3) is 4.06.